The number of rotatable bonds is 20. The molecular formula is C25H39Li3N7O17P3S. The van der Waals surface area contributed by atoms with Gasteiger partial charge in [0.1, 0.15) is 36.3 Å². The van der Waals surface area contributed by atoms with Crippen molar-refractivity contribution in [3.63, 3.8) is 0 Å². The molecule has 0 aliphatic carbocycles. The van der Waals surface area contributed by atoms with Gasteiger partial charge in [0, 0.05) is 36.6 Å². The largest absolute Gasteiger partial charge is 1.00 e. The molecule has 24 nitrogen and oxygen atoms in total. The Morgan fingerprint density at radius 3 is 2.29 bits per heavy atom. The van der Waals surface area contributed by atoms with Gasteiger partial charge in [0.15, 0.2) is 22.8 Å². The monoisotopic (exact) mass is 855 g/mol. The maximum atomic E-state index is 12.5. The predicted octanol–water partition coefficient (Wildman–Crippen LogP) is -11.6. The number of nitrogens with zero attached hydrogens (tertiary/aromatic N) is 4. The van der Waals surface area contributed by atoms with Crippen molar-refractivity contribution in [2.75, 3.05) is 37.8 Å². The van der Waals surface area contributed by atoms with Crippen LogP contribution in [0.15, 0.2) is 12.7 Å². The van der Waals surface area contributed by atoms with Crippen LogP contribution in [0.2, 0.25) is 0 Å². The van der Waals surface area contributed by atoms with E-state index in [1.165, 1.54) is 13.8 Å². The van der Waals surface area contributed by atoms with Crippen molar-refractivity contribution in [2.45, 2.75) is 64.8 Å². The van der Waals surface area contributed by atoms with Gasteiger partial charge in [-0.25, -0.2) is 19.3 Å². The number of phosphoric acid groups is 3. The van der Waals surface area contributed by atoms with Crippen LogP contribution in [0.1, 0.15) is 40.3 Å². The van der Waals surface area contributed by atoms with Crippen LogP contribution in [-0.2, 0) is 50.7 Å². The normalized spacial score (nSPS) is 22.0. The van der Waals surface area contributed by atoms with Crippen LogP contribution in [0.3, 0.4) is 0 Å². The van der Waals surface area contributed by atoms with E-state index in [1.807, 2.05) is 0 Å². The van der Waals surface area contributed by atoms with Gasteiger partial charge in [-0.15, -0.1) is 0 Å². The number of imidazole rings is 1. The molecule has 0 saturated carbocycles. The molecule has 1 aliphatic heterocycles. The third-order valence-electron chi connectivity index (χ3n) is 7.20. The summed E-state index contributed by atoms with van der Waals surface area (Å²) >= 11 is 1.07. The van der Waals surface area contributed by atoms with E-state index in [0.717, 1.165) is 29.0 Å². The number of anilines is 1. The second-order valence-corrected chi connectivity index (χ2v) is 17.5. The van der Waals surface area contributed by atoms with Crippen LogP contribution in [0, 0.1) is 11.3 Å². The molecule has 2 aromatic rings. The maximum absolute atomic E-state index is 12.5. The Bertz CT molecular complexity index is 1780. The number of aliphatic hydroxyl groups is 2. The molecule has 31 heteroatoms. The van der Waals surface area contributed by atoms with Gasteiger partial charge in [0.05, 0.1) is 19.5 Å². The van der Waals surface area contributed by atoms with E-state index in [9.17, 15) is 57.9 Å². The zero-order valence-corrected chi connectivity index (χ0v) is 35.0. The van der Waals surface area contributed by atoms with E-state index in [0.29, 0.717) is 5.75 Å². The number of hydrogen-bond donors (Lipinski definition) is 6. The van der Waals surface area contributed by atoms with E-state index in [1.54, 1.807) is 13.8 Å². The number of nitrogen functional groups attached to an aromatic ring is 1. The Kier molecular flexibility index (Phi) is 23.1. The Hall–Kier alpha value is -0.648. The van der Waals surface area contributed by atoms with Gasteiger partial charge < -0.3 is 64.5 Å². The van der Waals surface area contributed by atoms with Crippen LogP contribution < -0.4 is 87.6 Å². The standard InChI is InChI=1S/C25H42N7O17P3S.3Li/c1-13(2)24(37)53-8-7-27-15(33)5-6-28-22(36)19(35)25(3,4)10-46-52(43,44)49-51(41,42)45-9-14-18(48-50(38,39)40)17(34)23(47-14)32-12-31-16-20(26)29-11-30-21(16)32;;;/h11-14,17-19,23,34-35H,5-10H2,1-4H3,(H,27,33)(H,28,36)(H,41,42)(H,43,44)(H2,26,29,30)(H2,38,39,40);;;/q;3*+1/p-3. The third-order valence-corrected chi connectivity index (χ3v) is 11.4. The minimum absolute atomic E-state index is 0. The van der Waals surface area contributed by atoms with Crippen molar-refractivity contribution in [2.24, 2.45) is 11.3 Å². The summed E-state index contributed by atoms with van der Waals surface area (Å²) in [5.74, 6) is -1.32. The number of fused-ring (bicyclic) bond motifs is 1. The Morgan fingerprint density at radius 2 is 1.68 bits per heavy atom. The second-order valence-electron chi connectivity index (χ2n) is 12.3. The van der Waals surface area contributed by atoms with Gasteiger partial charge in [-0.1, -0.05) is 39.5 Å². The zero-order valence-electron chi connectivity index (χ0n) is 31.5. The van der Waals surface area contributed by atoms with Crippen LogP contribution >= 0.6 is 35.2 Å². The van der Waals surface area contributed by atoms with Gasteiger partial charge in [0.2, 0.25) is 11.8 Å². The maximum Gasteiger partial charge on any atom is 1.00 e. The first-order valence-corrected chi connectivity index (χ1v) is 20.8. The minimum Gasteiger partial charge on any atom is -0.756 e. The molecule has 3 rings (SSSR count). The molecule has 0 spiro atoms. The van der Waals surface area contributed by atoms with Gasteiger partial charge in [0.25, 0.3) is 23.5 Å². The summed E-state index contributed by atoms with van der Waals surface area (Å²) in [7, 11) is -17.3. The first kappa shape index (κ1) is 55.4. The second kappa shape index (κ2) is 23.4. The number of hydrogen-bond acceptors (Lipinski definition) is 21. The number of nitrogens with two attached hydrogens (primary N) is 1. The van der Waals surface area contributed by atoms with Crippen LogP contribution in [-0.4, -0.2) is 108 Å². The summed E-state index contributed by atoms with van der Waals surface area (Å²) in [6.07, 6.45) is -7.36. The van der Waals surface area contributed by atoms with Crippen molar-refractivity contribution in [1.29, 1.82) is 0 Å². The summed E-state index contributed by atoms with van der Waals surface area (Å²) in [5, 5.41) is 26.1. The Morgan fingerprint density at radius 1 is 1.05 bits per heavy atom. The molecule has 56 heavy (non-hydrogen) atoms. The first-order chi connectivity index (χ1) is 24.4. The summed E-state index contributed by atoms with van der Waals surface area (Å²) in [5.41, 5.74) is 4.11. The van der Waals surface area contributed by atoms with E-state index < -0.39 is 84.6 Å². The topological polar surface area (TPSA) is 372 Å². The van der Waals surface area contributed by atoms with Crippen molar-refractivity contribution >= 4 is 69.1 Å². The molecule has 1 aliphatic rings. The molecule has 8 atom stereocenters. The summed E-state index contributed by atoms with van der Waals surface area (Å²) in [6.45, 7) is 3.66. The molecule has 300 valence electrons. The van der Waals surface area contributed by atoms with Crippen molar-refractivity contribution < 1.29 is 137 Å². The fourth-order valence-electron chi connectivity index (χ4n) is 4.43. The molecule has 1 fully saturated rings. The molecule has 8 unspecified atom stereocenters. The van der Waals surface area contributed by atoms with Crippen molar-refractivity contribution in [1.82, 2.24) is 30.2 Å². The van der Waals surface area contributed by atoms with E-state index in [2.05, 4.69) is 43.5 Å². The Labute approximate surface area is 360 Å². The number of carbonyl (C=O) groups excluding carboxylic acids is 3. The molecule has 7 N–H and O–H groups in total. The number of thioether (sulfide) groups is 1. The van der Waals surface area contributed by atoms with Crippen molar-refractivity contribution in [3.05, 3.63) is 12.7 Å². The van der Waals surface area contributed by atoms with Gasteiger partial charge in [-0.3, -0.25) is 32.6 Å². The number of nitrogens with one attached hydrogen (secondary N) is 2. The number of phosphoric ester groups is 3. The van der Waals surface area contributed by atoms with Crippen LogP contribution in [0.25, 0.3) is 11.2 Å². The molecular weight excluding hydrogens is 816 g/mol. The molecule has 2 aromatic heterocycles. The fraction of sp³-hybridized carbons (Fsp3) is 0.680. The van der Waals surface area contributed by atoms with Crippen LogP contribution in [0.4, 0.5) is 5.82 Å². The Balaban J connectivity index is 0.0000101. The molecule has 0 bridgehead atoms. The number of carbonyl (C=O) groups is 3. The smallest absolute Gasteiger partial charge is 0.756 e. The van der Waals surface area contributed by atoms with Gasteiger partial charge in [-0.05, 0) is 0 Å². The van der Waals surface area contributed by atoms with E-state index >= 15 is 0 Å². The number of aliphatic hydroxyl groups excluding tert-OH is 2. The third kappa shape index (κ3) is 16.8. The molecule has 1 saturated heterocycles. The summed E-state index contributed by atoms with van der Waals surface area (Å²) in [4.78, 5) is 93.4. The molecule has 2 amide bonds. The summed E-state index contributed by atoms with van der Waals surface area (Å²) < 4.78 is 60.7. The predicted molar refractivity (Wildman–Crippen MR) is 175 cm³/mol. The van der Waals surface area contributed by atoms with Crippen molar-refractivity contribution in [3.8, 4) is 0 Å². The minimum atomic E-state index is -5.89. The molecule has 3 heterocycles. The number of aromatic nitrogens is 4. The average Bonchev–Trinajstić information content (AvgIpc) is 3.60. The number of ether oxygens (including phenoxy) is 1. The molecule has 0 aromatic carbocycles. The van der Waals surface area contributed by atoms with E-state index in [-0.39, 0.29) is 104 Å². The van der Waals surface area contributed by atoms with Gasteiger partial charge >= 0.3 is 56.6 Å². The fourth-order valence-corrected chi connectivity index (χ4v) is 7.91. The number of amides is 2. The average molecular weight is 855 g/mol. The van der Waals surface area contributed by atoms with Crippen LogP contribution in [0.5, 0.6) is 0 Å². The first-order valence-electron chi connectivity index (χ1n) is 15.4. The van der Waals surface area contributed by atoms with Gasteiger partial charge in [-0.2, -0.15) is 0 Å². The quantitative estimate of drug-likeness (QED) is 0.0409. The SMILES string of the molecule is CC(C)C(=O)SCCNC(=O)CCNC(=O)C(O)C(C)(C)COP(=O)([O-])OP(=O)([O-])OCC1OC(n2cnc3c(N)ncnc32)C(O)C1OP(=O)([O-])O.[Li+].[Li+].[Li+]. The van der Waals surface area contributed by atoms with E-state index in [4.69, 9.17) is 10.5 Å². The summed E-state index contributed by atoms with van der Waals surface area (Å²) in [6, 6.07) is 0. The molecule has 0 radical (unpaired) electrons. The zero-order chi connectivity index (χ0) is 39.9.